The largest absolute Gasteiger partial charge is 0.493 e. The Morgan fingerprint density at radius 3 is 2.75 bits per heavy atom. The molecule has 2 aromatic carbocycles. The number of amides is 1. The first-order valence-electron chi connectivity index (χ1n) is 9.05. The Labute approximate surface area is 192 Å². The molecule has 0 saturated carbocycles. The number of methoxy groups -OCH3 is 2. The van der Waals surface area contributed by atoms with Crippen LogP contribution in [0.3, 0.4) is 0 Å². The van der Waals surface area contributed by atoms with Gasteiger partial charge >= 0.3 is 5.97 Å². The topological polar surface area (TPSA) is 98.6 Å². The molecular weight excluding hydrogens is 461 g/mol. The molecule has 8 nitrogen and oxygen atoms in total. The zero-order valence-corrected chi connectivity index (χ0v) is 18.5. The van der Waals surface area contributed by atoms with Crippen molar-refractivity contribution in [2.24, 2.45) is 10.2 Å². The van der Waals surface area contributed by atoms with Crippen molar-refractivity contribution in [3.8, 4) is 11.5 Å². The summed E-state index contributed by atoms with van der Waals surface area (Å²) in [7, 11) is 2.68. The number of halogens is 2. The van der Waals surface area contributed by atoms with Crippen molar-refractivity contribution in [3.63, 3.8) is 0 Å². The summed E-state index contributed by atoms with van der Waals surface area (Å²) >= 11 is 7.01. The van der Waals surface area contributed by atoms with Gasteiger partial charge in [0.25, 0.3) is 5.91 Å². The first-order valence-corrected chi connectivity index (χ1v) is 10.2. The number of benzene rings is 2. The van der Waals surface area contributed by atoms with Crippen LogP contribution in [0.4, 0.5) is 4.39 Å². The molecule has 1 heterocycles. The lowest BCUT2D eigenvalue weighted by Crippen LogP contribution is -2.19. The van der Waals surface area contributed by atoms with Crippen LogP contribution in [0, 0.1) is 5.82 Å². The summed E-state index contributed by atoms with van der Waals surface area (Å²) in [6.45, 7) is -0.130. The van der Waals surface area contributed by atoms with E-state index in [0.717, 1.165) is 17.8 Å². The van der Waals surface area contributed by atoms with Gasteiger partial charge in [-0.1, -0.05) is 23.7 Å². The van der Waals surface area contributed by atoms with E-state index in [1.807, 2.05) is 0 Å². The van der Waals surface area contributed by atoms with E-state index in [2.05, 4.69) is 20.3 Å². The number of hydrogen-bond acceptors (Lipinski definition) is 8. The summed E-state index contributed by atoms with van der Waals surface area (Å²) in [4.78, 5) is 23.3. The molecule has 1 N–H and O–H groups in total. The highest BCUT2D eigenvalue weighted by molar-refractivity contribution is 8.18. The average Bonchev–Trinajstić information content (AvgIpc) is 3.12. The van der Waals surface area contributed by atoms with E-state index >= 15 is 0 Å². The smallest absolute Gasteiger partial charge is 0.331 e. The maximum Gasteiger partial charge on any atom is 0.331 e. The predicted octanol–water partition coefficient (Wildman–Crippen LogP) is 3.68. The van der Waals surface area contributed by atoms with Crippen LogP contribution in [0.5, 0.6) is 11.5 Å². The van der Waals surface area contributed by atoms with Crippen LogP contribution >= 0.6 is 23.4 Å². The van der Waals surface area contributed by atoms with E-state index in [-0.39, 0.29) is 27.3 Å². The summed E-state index contributed by atoms with van der Waals surface area (Å²) in [5.74, 6) is -0.908. The van der Waals surface area contributed by atoms with Crippen molar-refractivity contribution in [3.05, 3.63) is 69.3 Å². The maximum atomic E-state index is 14.1. The minimum Gasteiger partial charge on any atom is -0.493 e. The number of carbonyl (C=O) groups excluding carboxylic acids is 2. The lowest BCUT2D eigenvalue weighted by molar-refractivity contribution is -0.135. The number of carbonyl (C=O) groups is 2. The van der Waals surface area contributed by atoms with Gasteiger partial charge in [0.2, 0.25) is 0 Å². The van der Waals surface area contributed by atoms with Crippen molar-refractivity contribution in [2.75, 3.05) is 14.2 Å². The Morgan fingerprint density at radius 2 is 2.03 bits per heavy atom. The second-order valence-electron chi connectivity index (χ2n) is 6.11. The van der Waals surface area contributed by atoms with Gasteiger partial charge in [-0.2, -0.15) is 5.10 Å². The van der Waals surface area contributed by atoms with Crippen LogP contribution in [0.1, 0.15) is 11.1 Å². The van der Waals surface area contributed by atoms with Crippen molar-refractivity contribution in [1.82, 2.24) is 5.32 Å². The fourth-order valence-corrected chi connectivity index (χ4v) is 3.51. The van der Waals surface area contributed by atoms with E-state index in [1.54, 1.807) is 24.3 Å². The zero-order valence-electron chi connectivity index (χ0n) is 16.9. The SMILES string of the molecule is COC(=O)/C=C1/S/C(=N\N=Cc2cccc(OC)c2OCc2c(F)cccc2Cl)NC1=O. The van der Waals surface area contributed by atoms with E-state index in [9.17, 15) is 14.0 Å². The fraction of sp³-hybridized carbons (Fsp3) is 0.143. The maximum absolute atomic E-state index is 14.1. The molecule has 0 radical (unpaired) electrons. The number of nitrogens with one attached hydrogen (secondary N) is 1. The van der Waals surface area contributed by atoms with Gasteiger partial charge in [0.1, 0.15) is 12.4 Å². The Hall–Kier alpha value is -3.37. The number of ether oxygens (including phenoxy) is 3. The predicted molar refractivity (Wildman–Crippen MR) is 120 cm³/mol. The molecule has 1 amide bonds. The summed E-state index contributed by atoms with van der Waals surface area (Å²) in [6, 6.07) is 9.47. The first kappa shape index (κ1) is 23.3. The molecule has 0 unspecified atom stereocenters. The van der Waals surface area contributed by atoms with Gasteiger partial charge in [0.15, 0.2) is 16.7 Å². The van der Waals surface area contributed by atoms with Crippen molar-refractivity contribution in [1.29, 1.82) is 0 Å². The third-order valence-corrected chi connectivity index (χ3v) is 5.35. The molecule has 166 valence electrons. The van der Waals surface area contributed by atoms with Gasteiger partial charge in [-0.3, -0.25) is 10.1 Å². The number of esters is 1. The van der Waals surface area contributed by atoms with Gasteiger partial charge in [-0.05, 0) is 36.0 Å². The average molecular weight is 478 g/mol. The number of amidine groups is 1. The molecule has 0 atom stereocenters. The molecule has 0 aromatic heterocycles. The molecule has 2 aromatic rings. The lowest BCUT2D eigenvalue weighted by Gasteiger charge is -2.14. The molecule has 0 bridgehead atoms. The molecule has 1 aliphatic rings. The van der Waals surface area contributed by atoms with Crippen molar-refractivity contribution in [2.45, 2.75) is 6.61 Å². The highest BCUT2D eigenvalue weighted by Crippen LogP contribution is 2.32. The van der Waals surface area contributed by atoms with Gasteiger partial charge < -0.3 is 14.2 Å². The number of nitrogens with zero attached hydrogens (tertiary/aromatic N) is 2. The molecule has 3 rings (SSSR count). The number of hydrogen-bond donors (Lipinski definition) is 1. The van der Waals surface area contributed by atoms with Crippen LogP contribution in [0.25, 0.3) is 0 Å². The van der Waals surface area contributed by atoms with Crippen LogP contribution in [0.15, 0.2) is 57.6 Å². The fourth-order valence-electron chi connectivity index (χ4n) is 2.55. The van der Waals surface area contributed by atoms with E-state index < -0.39 is 17.7 Å². The van der Waals surface area contributed by atoms with Gasteiger partial charge in [-0.25, -0.2) is 9.18 Å². The molecule has 0 spiro atoms. The summed E-state index contributed by atoms with van der Waals surface area (Å²) in [5.41, 5.74) is 0.707. The van der Waals surface area contributed by atoms with Crippen molar-refractivity contribution < 1.29 is 28.2 Å². The minimum absolute atomic E-state index is 0.130. The summed E-state index contributed by atoms with van der Waals surface area (Å²) < 4.78 is 29.7. The van der Waals surface area contributed by atoms with Gasteiger partial charge in [0.05, 0.1) is 30.4 Å². The minimum atomic E-state index is -0.652. The number of thioether (sulfide) groups is 1. The van der Waals surface area contributed by atoms with Gasteiger partial charge in [-0.15, -0.1) is 5.10 Å². The highest BCUT2D eigenvalue weighted by atomic mass is 35.5. The third kappa shape index (κ3) is 5.65. The second-order valence-corrected chi connectivity index (χ2v) is 7.54. The lowest BCUT2D eigenvalue weighted by atomic mass is 10.2. The van der Waals surface area contributed by atoms with E-state index in [1.165, 1.54) is 32.6 Å². The molecule has 11 heteroatoms. The standard InChI is InChI=1S/C21H17ClFN3O5S/c1-29-16-8-3-5-12(19(16)31-11-13-14(22)6-4-7-15(13)23)10-24-26-21-25-20(28)17(32-21)9-18(27)30-2/h3-10H,11H2,1-2H3,(H,25,26,28)/b17-9+,24-10?. The second kappa shape index (κ2) is 10.8. The Bertz CT molecular complexity index is 1120. The summed E-state index contributed by atoms with van der Waals surface area (Å²) in [5, 5.41) is 10.8. The van der Waals surface area contributed by atoms with Crippen LogP contribution in [-0.4, -0.2) is 37.5 Å². The zero-order chi connectivity index (χ0) is 23.1. The molecule has 32 heavy (non-hydrogen) atoms. The Morgan fingerprint density at radius 1 is 1.25 bits per heavy atom. The van der Waals surface area contributed by atoms with Crippen molar-refractivity contribution >= 4 is 46.6 Å². The van der Waals surface area contributed by atoms with E-state index in [4.69, 9.17) is 21.1 Å². The van der Waals surface area contributed by atoms with Crippen LogP contribution < -0.4 is 14.8 Å². The highest BCUT2D eigenvalue weighted by Gasteiger charge is 2.25. The van der Waals surface area contributed by atoms with Gasteiger partial charge in [0, 0.05) is 17.2 Å². The molecule has 1 aliphatic heterocycles. The first-order chi connectivity index (χ1) is 15.4. The van der Waals surface area contributed by atoms with Crippen LogP contribution in [-0.2, 0) is 20.9 Å². The normalized spacial score (nSPS) is 15.9. The molecule has 0 aliphatic carbocycles. The molecule has 1 saturated heterocycles. The Balaban J connectivity index is 1.79. The number of rotatable bonds is 7. The quantitative estimate of drug-likeness (QED) is 0.283. The molecular formula is C21H17ClFN3O5S. The van der Waals surface area contributed by atoms with E-state index in [0.29, 0.717) is 17.1 Å². The third-order valence-electron chi connectivity index (χ3n) is 4.10. The Kier molecular flexibility index (Phi) is 7.85. The monoisotopic (exact) mass is 477 g/mol. The summed E-state index contributed by atoms with van der Waals surface area (Å²) in [6.07, 6.45) is 2.45. The van der Waals surface area contributed by atoms with Crippen LogP contribution in [0.2, 0.25) is 5.02 Å². The molecule has 1 fully saturated rings. The number of para-hydroxylation sites is 1.